The number of hydrogen-bond acceptors (Lipinski definition) is 5. The third-order valence-electron chi connectivity index (χ3n) is 7.17. The number of aryl methyl sites for hydroxylation is 2. The van der Waals surface area contributed by atoms with E-state index in [9.17, 15) is 9.59 Å². The maximum absolute atomic E-state index is 13.7. The topological polar surface area (TPSA) is 95.9 Å². The molecule has 0 spiro atoms. The number of imidazole rings is 2. The lowest BCUT2D eigenvalue weighted by molar-refractivity contribution is 0.0740. The molecule has 40 heavy (non-hydrogen) atoms. The van der Waals surface area contributed by atoms with Gasteiger partial charge in [-0.1, -0.05) is 34.6 Å². The van der Waals surface area contributed by atoms with E-state index in [0.717, 1.165) is 48.3 Å². The van der Waals surface area contributed by atoms with Crippen molar-refractivity contribution >= 4 is 34.4 Å². The predicted octanol–water partition coefficient (Wildman–Crippen LogP) is 6.87. The molecule has 0 radical (unpaired) electrons. The van der Waals surface area contributed by atoms with Crippen molar-refractivity contribution in [2.75, 3.05) is 18.4 Å². The summed E-state index contributed by atoms with van der Waals surface area (Å²) in [5, 5.41) is 3.43. The van der Waals surface area contributed by atoms with Crippen molar-refractivity contribution in [3.63, 3.8) is 0 Å². The van der Waals surface area contributed by atoms with E-state index >= 15 is 0 Å². The number of nitrogens with zero attached hydrogens (tertiary/aromatic N) is 4. The van der Waals surface area contributed by atoms with Crippen LogP contribution in [0, 0.1) is 11.8 Å². The highest BCUT2D eigenvalue weighted by Crippen LogP contribution is 2.26. The van der Waals surface area contributed by atoms with Gasteiger partial charge in [-0.15, -0.1) is 0 Å². The number of anilines is 2. The molecule has 212 valence electrons. The molecule has 2 aromatic carbocycles. The Kier molecular flexibility index (Phi) is 9.74. The minimum absolute atomic E-state index is 0.0638. The predicted molar refractivity (Wildman–Crippen MR) is 161 cm³/mol. The van der Waals surface area contributed by atoms with Crippen LogP contribution in [0.2, 0.25) is 0 Å². The lowest BCUT2D eigenvalue weighted by Gasteiger charge is -2.24. The highest BCUT2D eigenvalue weighted by molar-refractivity contribution is 5.98. The van der Waals surface area contributed by atoms with Gasteiger partial charge in [-0.2, -0.15) is 0 Å². The second-order valence-electron chi connectivity index (χ2n) is 11.2. The maximum atomic E-state index is 13.7. The number of aromatic nitrogens is 4. The molecule has 1 amide bonds. The molecule has 8 nitrogen and oxygen atoms in total. The maximum Gasteiger partial charge on any atom is 0.253 e. The summed E-state index contributed by atoms with van der Waals surface area (Å²) in [6.45, 7) is 12.8. The molecule has 4 aromatic rings. The quantitative estimate of drug-likeness (QED) is 0.170. The van der Waals surface area contributed by atoms with Gasteiger partial charge in [-0.3, -0.25) is 9.59 Å². The Morgan fingerprint density at radius 3 is 2.25 bits per heavy atom. The van der Waals surface area contributed by atoms with E-state index in [1.807, 2.05) is 60.5 Å². The highest BCUT2D eigenvalue weighted by atomic mass is 16.2. The van der Waals surface area contributed by atoms with Gasteiger partial charge in [-0.05, 0) is 67.1 Å². The van der Waals surface area contributed by atoms with E-state index in [2.05, 4.69) is 47.5 Å². The van der Waals surface area contributed by atoms with Gasteiger partial charge < -0.3 is 19.8 Å². The van der Waals surface area contributed by atoms with Crippen LogP contribution in [0.3, 0.4) is 0 Å². The van der Waals surface area contributed by atoms with Crippen molar-refractivity contribution in [3.05, 3.63) is 71.8 Å². The Morgan fingerprint density at radius 1 is 0.975 bits per heavy atom. The SMILES string of the molecule is CCC(=O)c1ccc(Nc2nc3ccc(C(=O)N(CCC(C)C)CCC(C)C)cc3n2CCc2c[nH]cn2)cc1. The Bertz CT molecular complexity index is 1390. The minimum Gasteiger partial charge on any atom is -0.351 e. The third kappa shape index (κ3) is 7.37. The first kappa shape index (κ1) is 29.1. The molecule has 2 heterocycles. The van der Waals surface area contributed by atoms with E-state index in [-0.39, 0.29) is 11.7 Å². The number of nitrogens with one attached hydrogen (secondary N) is 2. The summed E-state index contributed by atoms with van der Waals surface area (Å²) < 4.78 is 2.11. The smallest absolute Gasteiger partial charge is 0.253 e. The number of carbonyl (C=O) groups excluding carboxylic acids is 2. The van der Waals surface area contributed by atoms with Crippen molar-refractivity contribution < 1.29 is 9.59 Å². The number of rotatable bonds is 14. The molecular formula is C32H42N6O2. The number of amides is 1. The number of aromatic amines is 1. The monoisotopic (exact) mass is 542 g/mol. The summed E-state index contributed by atoms with van der Waals surface area (Å²) in [5.41, 5.74) is 4.88. The Morgan fingerprint density at radius 2 is 1.65 bits per heavy atom. The second kappa shape index (κ2) is 13.4. The summed E-state index contributed by atoms with van der Waals surface area (Å²) in [4.78, 5) is 40.1. The van der Waals surface area contributed by atoms with Crippen molar-refractivity contribution in [3.8, 4) is 0 Å². The molecular weight excluding hydrogens is 500 g/mol. The van der Waals surface area contributed by atoms with E-state index in [0.29, 0.717) is 48.3 Å². The fourth-order valence-corrected chi connectivity index (χ4v) is 4.63. The molecule has 2 aromatic heterocycles. The van der Waals surface area contributed by atoms with Gasteiger partial charge in [0.15, 0.2) is 5.78 Å². The molecule has 0 saturated heterocycles. The molecule has 0 atom stereocenters. The number of Topliss-reactive ketones (excluding diaryl/α,β-unsaturated/α-hetero) is 1. The number of fused-ring (bicyclic) bond motifs is 1. The lowest BCUT2D eigenvalue weighted by atomic mass is 10.1. The summed E-state index contributed by atoms with van der Waals surface area (Å²) >= 11 is 0. The van der Waals surface area contributed by atoms with Gasteiger partial charge >= 0.3 is 0 Å². The van der Waals surface area contributed by atoms with Crippen LogP contribution >= 0.6 is 0 Å². The van der Waals surface area contributed by atoms with Crippen LogP contribution in [0.1, 0.15) is 80.3 Å². The summed E-state index contributed by atoms with van der Waals surface area (Å²) in [6, 6.07) is 13.3. The average molecular weight is 543 g/mol. The van der Waals surface area contributed by atoms with Crippen LogP contribution in [-0.2, 0) is 13.0 Å². The van der Waals surface area contributed by atoms with Gasteiger partial charge in [0.2, 0.25) is 5.95 Å². The fourth-order valence-electron chi connectivity index (χ4n) is 4.63. The molecule has 4 rings (SSSR count). The lowest BCUT2D eigenvalue weighted by Crippen LogP contribution is -2.34. The molecule has 0 aliphatic carbocycles. The Balaban J connectivity index is 1.66. The molecule has 0 fully saturated rings. The van der Waals surface area contributed by atoms with E-state index in [4.69, 9.17) is 4.98 Å². The van der Waals surface area contributed by atoms with Crippen LogP contribution in [0.4, 0.5) is 11.6 Å². The number of H-pyrrole nitrogens is 1. The normalized spacial score (nSPS) is 11.5. The summed E-state index contributed by atoms with van der Waals surface area (Å²) in [5.74, 6) is 1.92. The molecule has 8 heteroatoms. The molecule has 0 unspecified atom stereocenters. The standard InChI is InChI=1S/C32H42N6O2/c1-6-30(39)24-7-10-26(11-8-24)35-32-36-28-12-9-25(19-29(28)38(32)18-15-27-20-33-21-34-27)31(40)37(16-13-22(2)3)17-14-23(4)5/h7-12,19-23H,6,13-18H2,1-5H3,(H,33,34)(H,35,36). The first-order valence-corrected chi connectivity index (χ1v) is 14.4. The minimum atomic E-state index is 0.0638. The Labute approximate surface area is 237 Å². The van der Waals surface area contributed by atoms with Gasteiger partial charge in [0, 0.05) is 55.5 Å². The Hall–Kier alpha value is -3.94. The molecule has 0 aliphatic heterocycles. The van der Waals surface area contributed by atoms with Crippen LogP contribution in [0.15, 0.2) is 55.0 Å². The van der Waals surface area contributed by atoms with Gasteiger partial charge in [-0.25, -0.2) is 9.97 Å². The van der Waals surface area contributed by atoms with Crippen LogP contribution in [-0.4, -0.2) is 49.2 Å². The first-order valence-electron chi connectivity index (χ1n) is 14.4. The average Bonchev–Trinajstić information content (AvgIpc) is 3.58. The largest absolute Gasteiger partial charge is 0.351 e. The number of benzene rings is 2. The first-order chi connectivity index (χ1) is 19.2. The highest BCUT2D eigenvalue weighted by Gasteiger charge is 2.19. The van der Waals surface area contributed by atoms with Crippen molar-refractivity contribution in [1.82, 2.24) is 24.4 Å². The van der Waals surface area contributed by atoms with Crippen molar-refractivity contribution in [2.24, 2.45) is 11.8 Å². The van der Waals surface area contributed by atoms with E-state index < -0.39 is 0 Å². The summed E-state index contributed by atoms with van der Waals surface area (Å²) in [6.07, 6.45) is 6.71. The van der Waals surface area contributed by atoms with Crippen LogP contribution < -0.4 is 5.32 Å². The van der Waals surface area contributed by atoms with E-state index in [1.54, 1.807) is 6.33 Å². The zero-order valence-electron chi connectivity index (χ0n) is 24.4. The second-order valence-corrected chi connectivity index (χ2v) is 11.2. The summed E-state index contributed by atoms with van der Waals surface area (Å²) in [7, 11) is 0. The van der Waals surface area contributed by atoms with Gasteiger partial charge in [0.25, 0.3) is 5.91 Å². The van der Waals surface area contributed by atoms with Gasteiger partial charge in [0.05, 0.1) is 23.1 Å². The number of hydrogen-bond donors (Lipinski definition) is 2. The molecule has 0 bridgehead atoms. The van der Waals surface area contributed by atoms with Crippen molar-refractivity contribution in [2.45, 2.75) is 66.8 Å². The third-order valence-corrected chi connectivity index (χ3v) is 7.17. The van der Waals surface area contributed by atoms with Crippen LogP contribution in [0.25, 0.3) is 11.0 Å². The number of carbonyl (C=O) groups is 2. The van der Waals surface area contributed by atoms with Gasteiger partial charge in [0.1, 0.15) is 0 Å². The fraction of sp³-hybridized carbons (Fsp3) is 0.438. The number of ketones is 1. The van der Waals surface area contributed by atoms with E-state index in [1.165, 1.54) is 0 Å². The molecule has 0 saturated carbocycles. The molecule has 0 aliphatic rings. The molecule has 2 N–H and O–H groups in total. The van der Waals surface area contributed by atoms with Crippen molar-refractivity contribution in [1.29, 1.82) is 0 Å². The van der Waals surface area contributed by atoms with Crippen LogP contribution in [0.5, 0.6) is 0 Å². The zero-order valence-corrected chi connectivity index (χ0v) is 24.4. The zero-order chi connectivity index (χ0) is 28.6.